The number of nitrogens with zero attached hydrogens (tertiary/aromatic N) is 3. The average Bonchev–Trinajstić information content (AvgIpc) is 3.00. The third-order valence-corrected chi connectivity index (χ3v) is 3.04. The lowest BCUT2D eigenvalue weighted by Gasteiger charge is -2.20. The summed E-state index contributed by atoms with van der Waals surface area (Å²) in [5.74, 6) is 2.34. The molecule has 2 rings (SSSR count). The Labute approximate surface area is 103 Å². The Morgan fingerprint density at radius 1 is 1.41 bits per heavy atom. The maximum Gasteiger partial charge on any atom is 0.144 e. The van der Waals surface area contributed by atoms with E-state index in [0.717, 1.165) is 30.5 Å². The Hall–Kier alpha value is -1.16. The lowest BCUT2D eigenvalue weighted by molar-refractivity contribution is 0.249. The minimum absolute atomic E-state index is 0.579. The topological polar surface area (TPSA) is 55.0 Å². The molecule has 0 atom stereocenters. The molecule has 0 unspecified atom stereocenters. The van der Waals surface area contributed by atoms with E-state index in [4.69, 9.17) is 5.73 Å². The lowest BCUT2D eigenvalue weighted by Crippen LogP contribution is -2.27. The smallest absolute Gasteiger partial charge is 0.144 e. The molecule has 94 valence electrons. The van der Waals surface area contributed by atoms with Gasteiger partial charge in [0.05, 0.1) is 6.54 Å². The van der Waals surface area contributed by atoms with Crippen LogP contribution in [0, 0.1) is 12.8 Å². The van der Waals surface area contributed by atoms with Crippen molar-refractivity contribution in [1.29, 1.82) is 0 Å². The van der Waals surface area contributed by atoms with Crippen molar-refractivity contribution < 1.29 is 0 Å². The zero-order chi connectivity index (χ0) is 12.3. The third kappa shape index (κ3) is 3.97. The van der Waals surface area contributed by atoms with Crippen LogP contribution >= 0.6 is 0 Å². The molecule has 1 aliphatic rings. The number of hydrogen-bond acceptors (Lipinski definition) is 4. The minimum Gasteiger partial charge on any atom is -0.384 e. The molecule has 2 N–H and O–H groups in total. The van der Waals surface area contributed by atoms with E-state index in [-0.39, 0.29) is 0 Å². The van der Waals surface area contributed by atoms with Gasteiger partial charge in [0.25, 0.3) is 0 Å². The molecule has 17 heavy (non-hydrogen) atoms. The molecule has 0 saturated heterocycles. The standard InChI is InChI=1S/C13H22N4/c1-3-6-17(8-11-4-5-11)9-13-15-10(2)7-12(14)16-13/h7,11H,3-6,8-9H2,1-2H3,(H2,14,15,16). The van der Waals surface area contributed by atoms with Crippen molar-refractivity contribution in [2.75, 3.05) is 18.8 Å². The van der Waals surface area contributed by atoms with Gasteiger partial charge in [-0.1, -0.05) is 6.92 Å². The zero-order valence-corrected chi connectivity index (χ0v) is 10.8. The van der Waals surface area contributed by atoms with E-state index in [0.29, 0.717) is 5.82 Å². The van der Waals surface area contributed by atoms with Gasteiger partial charge in [-0.05, 0) is 38.6 Å². The average molecular weight is 234 g/mol. The Morgan fingerprint density at radius 3 is 2.76 bits per heavy atom. The van der Waals surface area contributed by atoms with E-state index < -0.39 is 0 Å². The van der Waals surface area contributed by atoms with E-state index in [1.165, 1.54) is 25.8 Å². The first-order valence-corrected chi connectivity index (χ1v) is 6.49. The van der Waals surface area contributed by atoms with Crippen LogP contribution in [-0.2, 0) is 6.54 Å². The molecule has 1 aromatic rings. The van der Waals surface area contributed by atoms with Crippen LogP contribution in [-0.4, -0.2) is 28.0 Å². The van der Waals surface area contributed by atoms with Crippen LogP contribution in [0.4, 0.5) is 5.82 Å². The van der Waals surface area contributed by atoms with E-state index in [1.807, 2.05) is 13.0 Å². The van der Waals surface area contributed by atoms with Crippen molar-refractivity contribution in [2.45, 2.75) is 39.7 Å². The van der Waals surface area contributed by atoms with Gasteiger partial charge in [0, 0.05) is 18.3 Å². The number of nitrogens with two attached hydrogens (primary N) is 1. The summed E-state index contributed by atoms with van der Waals surface area (Å²) >= 11 is 0. The monoisotopic (exact) mass is 234 g/mol. The largest absolute Gasteiger partial charge is 0.384 e. The maximum atomic E-state index is 5.75. The molecule has 1 heterocycles. The summed E-state index contributed by atoms with van der Waals surface area (Å²) in [7, 11) is 0. The van der Waals surface area contributed by atoms with E-state index >= 15 is 0 Å². The van der Waals surface area contributed by atoms with Gasteiger partial charge in [0.2, 0.25) is 0 Å². The molecule has 4 nitrogen and oxygen atoms in total. The number of hydrogen-bond donors (Lipinski definition) is 1. The summed E-state index contributed by atoms with van der Waals surface area (Å²) in [6.07, 6.45) is 3.95. The molecule has 1 aliphatic carbocycles. The maximum absolute atomic E-state index is 5.75. The molecular formula is C13H22N4. The highest BCUT2D eigenvalue weighted by Crippen LogP contribution is 2.30. The van der Waals surface area contributed by atoms with Crippen LogP contribution in [0.2, 0.25) is 0 Å². The molecular weight excluding hydrogens is 212 g/mol. The highest BCUT2D eigenvalue weighted by Gasteiger charge is 2.24. The first kappa shape index (κ1) is 12.3. The molecule has 0 spiro atoms. The summed E-state index contributed by atoms with van der Waals surface area (Å²) in [4.78, 5) is 11.2. The van der Waals surface area contributed by atoms with Gasteiger partial charge in [-0.3, -0.25) is 4.90 Å². The normalized spacial score (nSPS) is 15.5. The van der Waals surface area contributed by atoms with Crippen LogP contribution in [0.5, 0.6) is 0 Å². The van der Waals surface area contributed by atoms with Gasteiger partial charge in [-0.25, -0.2) is 9.97 Å². The van der Waals surface area contributed by atoms with Gasteiger partial charge in [0.15, 0.2) is 0 Å². The van der Waals surface area contributed by atoms with Gasteiger partial charge in [-0.15, -0.1) is 0 Å². The van der Waals surface area contributed by atoms with Crippen molar-refractivity contribution in [3.63, 3.8) is 0 Å². The van der Waals surface area contributed by atoms with Gasteiger partial charge < -0.3 is 5.73 Å². The Morgan fingerprint density at radius 2 is 2.18 bits per heavy atom. The van der Waals surface area contributed by atoms with Crippen molar-refractivity contribution >= 4 is 5.82 Å². The first-order chi connectivity index (χ1) is 8.17. The summed E-state index contributed by atoms with van der Waals surface area (Å²) in [6, 6.07) is 1.81. The molecule has 1 saturated carbocycles. The zero-order valence-electron chi connectivity index (χ0n) is 10.8. The molecule has 1 fully saturated rings. The van der Waals surface area contributed by atoms with Crippen LogP contribution in [0.15, 0.2) is 6.07 Å². The quantitative estimate of drug-likeness (QED) is 0.818. The third-order valence-electron chi connectivity index (χ3n) is 3.04. The van der Waals surface area contributed by atoms with Crippen molar-refractivity contribution in [3.05, 3.63) is 17.6 Å². The number of anilines is 1. The Bertz CT molecular complexity index is 353. The van der Waals surface area contributed by atoms with Crippen molar-refractivity contribution in [2.24, 2.45) is 5.92 Å². The Kier molecular flexibility index (Phi) is 3.94. The first-order valence-electron chi connectivity index (χ1n) is 6.49. The Balaban J connectivity index is 1.99. The lowest BCUT2D eigenvalue weighted by atomic mass is 10.3. The van der Waals surface area contributed by atoms with Crippen LogP contribution in [0.1, 0.15) is 37.7 Å². The SMILES string of the molecule is CCCN(Cc1nc(C)cc(N)n1)CC1CC1. The molecule has 4 heteroatoms. The molecule has 0 radical (unpaired) electrons. The fraction of sp³-hybridized carbons (Fsp3) is 0.692. The minimum atomic E-state index is 0.579. The van der Waals surface area contributed by atoms with Crippen LogP contribution in [0.25, 0.3) is 0 Å². The summed E-state index contributed by atoms with van der Waals surface area (Å²) < 4.78 is 0. The molecule has 0 aromatic carbocycles. The fourth-order valence-corrected chi connectivity index (χ4v) is 2.14. The van der Waals surface area contributed by atoms with Crippen molar-refractivity contribution in [3.8, 4) is 0 Å². The van der Waals surface area contributed by atoms with E-state index in [2.05, 4.69) is 21.8 Å². The summed E-state index contributed by atoms with van der Waals surface area (Å²) in [5.41, 5.74) is 6.71. The second-order valence-corrected chi connectivity index (χ2v) is 5.03. The second kappa shape index (κ2) is 5.45. The number of rotatable bonds is 6. The second-order valence-electron chi connectivity index (χ2n) is 5.03. The van der Waals surface area contributed by atoms with Crippen LogP contribution in [0.3, 0.4) is 0 Å². The summed E-state index contributed by atoms with van der Waals surface area (Å²) in [6.45, 7) is 7.31. The predicted octanol–water partition coefficient (Wildman–Crippen LogP) is 1.99. The van der Waals surface area contributed by atoms with E-state index in [9.17, 15) is 0 Å². The number of nitrogen functional groups attached to an aromatic ring is 1. The molecule has 0 bridgehead atoms. The molecule has 0 aliphatic heterocycles. The molecule has 1 aromatic heterocycles. The van der Waals surface area contributed by atoms with E-state index in [1.54, 1.807) is 0 Å². The van der Waals surface area contributed by atoms with Gasteiger partial charge in [0.1, 0.15) is 11.6 Å². The fourth-order valence-electron chi connectivity index (χ4n) is 2.14. The van der Waals surface area contributed by atoms with Gasteiger partial charge >= 0.3 is 0 Å². The van der Waals surface area contributed by atoms with Crippen LogP contribution < -0.4 is 5.73 Å². The highest BCUT2D eigenvalue weighted by molar-refractivity contribution is 5.29. The van der Waals surface area contributed by atoms with Gasteiger partial charge in [-0.2, -0.15) is 0 Å². The molecule has 0 amide bonds. The predicted molar refractivity (Wildman–Crippen MR) is 69.5 cm³/mol. The highest BCUT2D eigenvalue weighted by atomic mass is 15.2. The van der Waals surface area contributed by atoms with Crippen molar-refractivity contribution in [1.82, 2.24) is 14.9 Å². The summed E-state index contributed by atoms with van der Waals surface area (Å²) in [5, 5.41) is 0. The number of aromatic nitrogens is 2. The number of aryl methyl sites for hydroxylation is 1.